The molecule has 0 spiro atoms. The second kappa shape index (κ2) is 10.8. The standard InChI is InChI=1S/C27H26N2O6/c30-15-24(17-8-2-1-3-9-17)28-26(33)23(14-25(31)32)29-27(34)35-16-22-20-12-6-4-10-18(20)19-11-5-7-13-21(19)22/h1-13,22-24,30H,14-16H2,(H,28,33)(H,29,34)(H,31,32). The number of ether oxygens (including phenoxy) is 1. The number of hydrogen-bond acceptors (Lipinski definition) is 5. The van der Waals surface area contributed by atoms with Crippen LogP contribution < -0.4 is 10.6 Å². The summed E-state index contributed by atoms with van der Waals surface area (Å²) in [5.74, 6) is -2.16. The summed E-state index contributed by atoms with van der Waals surface area (Å²) < 4.78 is 5.45. The molecule has 0 fully saturated rings. The highest BCUT2D eigenvalue weighted by molar-refractivity contribution is 5.89. The number of carboxylic acid groups (broad SMARTS) is 1. The number of fused-ring (bicyclic) bond motifs is 3. The summed E-state index contributed by atoms with van der Waals surface area (Å²) >= 11 is 0. The minimum atomic E-state index is -1.37. The monoisotopic (exact) mass is 474 g/mol. The third kappa shape index (κ3) is 5.50. The molecule has 0 bridgehead atoms. The molecule has 1 aliphatic rings. The third-order valence-corrected chi connectivity index (χ3v) is 6.03. The van der Waals surface area contributed by atoms with E-state index in [0.29, 0.717) is 5.56 Å². The summed E-state index contributed by atoms with van der Waals surface area (Å²) in [4.78, 5) is 36.7. The number of aliphatic hydroxyl groups is 1. The molecule has 1 aliphatic carbocycles. The van der Waals surface area contributed by atoms with Gasteiger partial charge in [0.2, 0.25) is 5.91 Å². The first-order chi connectivity index (χ1) is 17.0. The maximum absolute atomic E-state index is 12.8. The molecular weight excluding hydrogens is 448 g/mol. The topological polar surface area (TPSA) is 125 Å². The molecule has 2 amide bonds. The van der Waals surface area contributed by atoms with Gasteiger partial charge in [-0.1, -0.05) is 78.9 Å². The molecule has 8 nitrogen and oxygen atoms in total. The summed E-state index contributed by atoms with van der Waals surface area (Å²) in [5.41, 5.74) is 4.89. The number of carbonyl (C=O) groups is 3. The van der Waals surface area contributed by atoms with Crippen LogP contribution in [-0.2, 0) is 14.3 Å². The Labute approximate surface area is 202 Å². The molecule has 3 aromatic rings. The number of amides is 2. The summed E-state index contributed by atoms with van der Waals surface area (Å²) in [5, 5.41) is 23.9. The van der Waals surface area contributed by atoms with Crippen molar-refractivity contribution in [2.75, 3.05) is 13.2 Å². The fourth-order valence-electron chi connectivity index (χ4n) is 4.36. The molecule has 8 heteroatoms. The van der Waals surface area contributed by atoms with Gasteiger partial charge in [-0.3, -0.25) is 9.59 Å². The quantitative estimate of drug-likeness (QED) is 0.377. The number of benzene rings is 3. The van der Waals surface area contributed by atoms with E-state index in [1.54, 1.807) is 30.3 Å². The van der Waals surface area contributed by atoms with Crippen molar-refractivity contribution in [1.82, 2.24) is 10.6 Å². The molecular formula is C27H26N2O6. The van der Waals surface area contributed by atoms with E-state index in [1.165, 1.54) is 0 Å². The van der Waals surface area contributed by atoms with Gasteiger partial charge in [0.05, 0.1) is 19.1 Å². The number of rotatable bonds is 9. The zero-order chi connectivity index (χ0) is 24.8. The predicted molar refractivity (Wildman–Crippen MR) is 129 cm³/mol. The molecule has 180 valence electrons. The molecule has 35 heavy (non-hydrogen) atoms. The second-order valence-corrected chi connectivity index (χ2v) is 8.27. The van der Waals surface area contributed by atoms with Gasteiger partial charge < -0.3 is 25.6 Å². The average molecular weight is 475 g/mol. The third-order valence-electron chi connectivity index (χ3n) is 6.03. The van der Waals surface area contributed by atoms with Gasteiger partial charge in [-0.25, -0.2) is 4.79 Å². The van der Waals surface area contributed by atoms with Crippen LogP contribution in [0.2, 0.25) is 0 Å². The van der Waals surface area contributed by atoms with E-state index in [2.05, 4.69) is 10.6 Å². The van der Waals surface area contributed by atoms with Crippen molar-refractivity contribution < 1.29 is 29.3 Å². The highest BCUT2D eigenvalue weighted by Crippen LogP contribution is 2.44. The van der Waals surface area contributed by atoms with Crippen molar-refractivity contribution >= 4 is 18.0 Å². The lowest BCUT2D eigenvalue weighted by Crippen LogP contribution is -2.49. The van der Waals surface area contributed by atoms with E-state index in [-0.39, 0.29) is 19.1 Å². The van der Waals surface area contributed by atoms with Crippen molar-refractivity contribution in [3.05, 3.63) is 95.6 Å². The van der Waals surface area contributed by atoms with E-state index in [9.17, 15) is 24.6 Å². The van der Waals surface area contributed by atoms with Crippen molar-refractivity contribution in [2.24, 2.45) is 0 Å². The Morgan fingerprint density at radius 1 is 0.829 bits per heavy atom. The maximum Gasteiger partial charge on any atom is 0.407 e. The van der Waals surface area contributed by atoms with E-state index in [1.807, 2.05) is 48.5 Å². The van der Waals surface area contributed by atoms with Crippen molar-refractivity contribution in [3.63, 3.8) is 0 Å². The average Bonchev–Trinajstić information content (AvgIpc) is 3.19. The number of nitrogens with one attached hydrogen (secondary N) is 2. The molecule has 0 saturated heterocycles. The fourth-order valence-corrected chi connectivity index (χ4v) is 4.36. The number of aliphatic carboxylic acids is 1. The Morgan fingerprint density at radius 3 is 1.97 bits per heavy atom. The first-order valence-electron chi connectivity index (χ1n) is 11.3. The van der Waals surface area contributed by atoms with Crippen LogP contribution in [0.15, 0.2) is 78.9 Å². The normalized spacial score (nSPS) is 13.7. The molecule has 0 saturated carbocycles. The van der Waals surface area contributed by atoms with Crippen LogP contribution in [0.5, 0.6) is 0 Å². The van der Waals surface area contributed by atoms with Gasteiger partial charge in [-0.15, -0.1) is 0 Å². The van der Waals surface area contributed by atoms with Gasteiger partial charge in [0.1, 0.15) is 12.6 Å². The number of aliphatic hydroxyl groups excluding tert-OH is 1. The molecule has 3 aromatic carbocycles. The van der Waals surface area contributed by atoms with Crippen molar-refractivity contribution in [3.8, 4) is 11.1 Å². The van der Waals surface area contributed by atoms with Gasteiger partial charge in [0, 0.05) is 5.92 Å². The predicted octanol–water partition coefficient (Wildman–Crippen LogP) is 3.22. The van der Waals surface area contributed by atoms with E-state index >= 15 is 0 Å². The van der Waals surface area contributed by atoms with E-state index in [4.69, 9.17) is 4.74 Å². The van der Waals surface area contributed by atoms with Crippen LogP contribution >= 0.6 is 0 Å². The van der Waals surface area contributed by atoms with Crippen molar-refractivity contribution in [2.45, 2.75) is 24.4 Å². The highest BCUT2D eigenvalue weighted by atomic mass is 16.5. The SMILES string of the molecule is O=C(O)CC(NC(=O)OCC1c2ccccc2-c2ccccc21)C(=O)NC(CO)c1ccccc1. The van der Waals surface area contributed by atoms with E-state index < -0.39 is 36.5 Å². The van der Waals surface area contributed by atoms with Crippen LogP contribution in [-0.4, -0.2) is 47.4 Å². The first kappa shape index (κ1) is 24.0. The minimum Gasteiger partial charge on any atom is -0.481 e. The lowest BCUT2D eigenvalue weighted by atomic mass is 9.98. The fraction of sp³-hybridized carbons (Fsp3) is 0.222. The Bertz CT molecular complexity index is 1170. The van der Waals surface area contributed by atoms with Gasteiger partial charge >= 0.3 is 12.1 Å². The first-order valence-corrected chi connectivity index (χ1v) is 11.3. The Morgan fingerprint density at radius 2 is 1.40 bits per heavy atom. The molecule has 4 rings (SSSR count). The largest absolute Gasteiger partial charge is 0.481 e. The molecule has 0 aliphatic heterocycles. The van der Waals surface area contributed by atoms with Crippen LogP contribution in [0, 0.1) is 0 Å². The van der Waals surface area contributed by atoms with Crippen LogP contribution in [0.1, 0.15) is 35.1 Å². The minimum absolute atomic E-state index is 0.0323. The molecule has 0 aromatic heterocycles. The Balaban J connectivity index is 1.42. The summed E-state index contributed by atoms with van der Waals surface area (Å²) in [6, 6.07) is 22.4. The second-order valence-electron chi connectivity index (χ2n) is 8.27. The molecule has 0 radical (unpaired) electrons. The van der Waals surface area contributed by atoms with Crippen LogP contribution in [0.25, 0.3) is 11.1 Å². The van der Waals surface area contributed by atoms with Crippen LogP contribution in [0.4, 0.5) is 4.79 Å². The van der Waals surface area contributed by atoms with Gasteiger partial charge in [-0.05, 0) is 27.8 Å². The number of alkyl carbamates (subject to hydrolysis) is 1. The van der Waals surface area contributed by atoms with Crippen molar-refractivity contribution in [1.29, 1.82) is 0 Å². The molecule has 2 atom stereocenters. The zero-order valence-electron chi connectivity index (χ0n) is 18.9. The lowest BCUT2D eigenvalue weighted by molar-refractivity contribution is -0.140. The molecule has 0 heterocycles. The number of carboxylic acids is 1. The van der Waals surface area contributed by atoms with E-state index in [0.717, 1.165) is 22.3 Å². The molecule has 2 unspecified atom stereocenters. The summed E-state index contributed by atoms with van der Waals surface area (Å²) in [7, 11) is 0. The summed E-state index contributed by atoms with van der Waals surface area (Å²) in [6.07, 6.45) is -1.53. The lowest BCUT2D eigenvalue weighted by Gasteiger charge is -2.22. The zero-order valence-corrected chi connectivity index (χ0v) is 18.9. The Kier molecular flexibility index (Phi) is 7.42. The smallest absolute Gasteiger partial charge is 0.407 e. The van der Waals surface area contributed by atoms with Gasteiger partial charge in [0.25, 0.3) is 0 Å². The highest BCUT2D eigenvalue weighted by Gasteiger charge is 2.30. The van der Waals surface area contributed by atoms with Gasteiger partial charge in [0.15, 0.2) is 0 Å². The van der Waals surface area contributed by atoms with Crippen LogP contribution in [0.3, 0.4) is 0 Å². The number of hydrogen-bond donors (Lipinski definition) is 4. The maximum atomic E-state index is 12.8. The summed E-state index contributed by atoms with van der Waals surface area (Å²) in [6.45, 7) is -0.356. The Hall–Kier alpha value is -4.17. The van der Waals surface area contributed by atoms with Gasteiger partial charge in [-0.2, -0.15) is 0 Å². The number of carbonyl (C=O) groups excluding carboxylic acids is 2. The molecule has 4 N–H and O–H groups in total.